The largest absolute Gasteiger partial charge is 0.318 e. The molecule has 1 aromatic carbocycles. The molecule has 1 aromatic heterocycles. The first-order valence-corrected chi connectivity index (χ1v) is 5.62. The summed E-state index contributed by atoms with van der Waals surface area (Å²) in [6.45, 7) is 1.93. The van der Waals surface area contributed by atoms with Crippen molar-refractivity contribution in [3.05, 3.63) is 58.0 Å². The smallest absolute Gasteiger partial charge is 0.123 e. The summed E-state index contributed by atoms with van der Waals surface area (Å²) in [5.74, 6) is -0.236. The maximum absolute atomic E-state index is 12.8. The predicted molar refractivity (Wildman–Crippen MR) is 61.4 cm³/mol. The highest BCUT2D eigenvalue weighted by molar-refractivity contribution is 7.08. The van der Waals surface area contributed by atoms with Crippen molar-refractivity contribution < 1.29 is 4.39 Å². The summed E-state index contributed by atoms with van der Waals surface area (Å²) in [6, 6.07) is 8.33. The number of hydrogen-bond donors (Lipinski definition) is 1. The van der Waals surface area contributed by atoms with E-state index in [1.807, 2.05) is 23.8 Å². The lowest BCUT2D eigenvalue weighted by Gasteiger charge is -2.24. The molecule has 0 aliphatic heterocycles. The zero-order valence-corrected chi connectivity index (χ0v) is 9.22. The molecule has 0 aliphatic carbocycles. The van der Waals surface area contributed by atoms with Crippen LogP contribution in [0.3, 0.4) is 0 Å². The number of nitrogens with two attached hydrogens (primary N) is 1. The van der Waals surface area contributed by atoms with Gasteiger partial charge in [-0.25, -0.2) is 4.39 Å². The summed E-state index contributed by atoms with van der Waals surface area (Å²) in [5, 5.41) is 4.01. The Bertz CT molecular complexity index is 431. The van der Waals surface area contributed by atoms with E-state index in [9.17, 15) is 4.39 Å². The third-order valence-electron chi connectivity index (χ3n) is 2.56. The maximum Gasteiger partial charge on any atom is 0.123 e. The highest BCUT2D eigenvalue weighted by Crippen LogP contribution is 2.27. The molecule has 15 heavy (non-hydrogen) atoms. The second-order valence-electron chi connectivity index (χ2n) is 3.72. The van der Waals surface area contributed by atoms with E-state index >= 15 is 0 Å². The highest BCUT2D eigenvalue weighted by Gasteiger charge is 2.23. The summed E-state index contributed by atoms with van der Waals surface area (Å²) >= 11 is 1.61. The van der Waals surface area contributed by atoms with Crippen LogP contribution in [0.2, 0.25) is 0 Å². The average molecular weight is 221 g/mol. The van der Waals surface area contributed by atoms with Crippen LogP contribution in [0.1, 0.15) is 18.1 Å². The summed E-state index contributed by atoms with van der Waals surface area (Å²) < 4.78 is 12.8. The van der Waals surface area contributed by atoms with Gasteiger partial charge in [-0.15, -0.1) is 0 Å². The van der Waals surface area contributed by atoms with Crippen LogP contribution in [0.25, 0.3) is 0 Å². The van der Waals surface area contributed by atoms with Crippen molar-refractivity contribution in [2.75, 3.05) is 0 Å². The minimum atomic E-state index is -0.548. The van der Waals surface area contributed by atoms with Gasteiger partial charge in [-0.05, 0) is 47.0 Å². The molecule has 0 radical (unpaired) electrons. The molecule has 2 rings (SSSR count). The van der Waals surface area contributed by atoms with E-state index in [-0.39, 0.29) is 5.82 Å². The molecule has 0 amide bonds. The van der Waals surface area contributed by atoms with E-state index in [0.29, 0.717) is 0 Å². The van der Waals surface area contributed by atoms with Crippen LogP contribution in [0, 0.1) is 5.82 Å². The second-order valence-corrected chi connectivity index (χ2v) is 4.50. The second kappa shape index (κ2) is 3.76. The molecule has 2 aromatic rings. The van der Waals surface area contributed by atoms with Crippen molar-refractivity contribution in [3.8, 4) is 0 Å². The molecular weight excluding hydrogens is 209 g/mol. The Balaban J connectivity index is 2.41. The summed E-state index contributed by atoms with van der Waals surface area (Å²) in [5.41, 5.74) is 7.66. The molecule has 0 aliphatic rings. The van der Waals surface area contributed by atoms with Crippen molar-refractivity contribution in [1.82, 2.24) is 0 Å². The van der Waals surface area contributed by atoms with Crippen molar-refractivity contribution in [2.24, 2.45) is 5.73 Å². The monoisotopic (exact) mass is 221 g/mol. The molecule has 0 spiro atoms. The Labute approximate surface area is 92.4 Å². The Morgan fingerprint density at radius 3 is 2.33 bits per heavy atom. The maximum atomic E-state index is 12.8. The number of hydrogen-bond acceptors (Lipinski definition) is 2. The van der Waals surface area contributed by atoms with Gasteiger partial charge >= 0.3 is 0 Å². The summed E-state index contributed by atoms with van der Waals surface area (Å²) in [7, 11) is 0. The van der Waals surface area contributed by atoms with Crippen LogP contribution in [-0.4, -0.2) is 0 Å². The van der Waals surface area contributed by atoms with Gasteiger partial charge in [0.1, 0.15) is 5.82 Å². The third-order valence-corrected chi connectivity index (χ3v) is 3.25. The lowest BCUT2D eigenvalue weighted by atomic mass is 9.87. The van der Waals surface area contributed by atoms with Gasteiger partial charge in [-0.1, -0.05) is 12.1 Å². The zero-order valence-electron chi connectivity index (χ0n) is 8.41. The standard InChI is InChI=1S/C12H12FNS/c1-12(14,10-6-7-15-8-10)9-2-4-11(13)5-3-9/h2-8H,14H2,1H3. The predicted octanol–water partition coefficient (Wildman–Crippen LogP) is 3.11. The molecule has 0 saturated heterocycles. The van der Waals surface area contributed by atoms with E-state index < -0.39 is 5.54 Å². The fourth-order valence-corrected chi connectivity index (χ4v) is 2.30. The van der Waals surface area contributed by atoms with Crippen molar-refractivity contribution in [3.63, 3.8) is 0 Å². The van der Waals surface area contributed by atoms with Gasteiger partial charge in [-0.3, -0.25) is 0 Å². The molecule has 0 saturated carbocycles. The first kappa shape index (κ1) is 10.3. The van der Waals surface area contributed by atoms with Crippen LogP contribution < -0.4 is 5.73 Å². The Kier molecular flexibility index (Phi) is 2.59. The van der Waals surface area contributed by atoms with E-state index in [1.54, 1.807) is 23.5 Å². The van der Waals surface area contributed by atoms with Crippen molar-refractivity contribution in [1.29, 1.82) is 0 Å². The third kappa shape index (κ3) is 1.94. The minimum Gasteiger partial charge on any atom is -0.318 e. The molecule has 0 bridgehead atoms. The van der Waals surface area contributed by atoms with E-state index in [4.69, 9.17) is 5.73 Å². The fourth-order valence-electron chi connectivity index (χ4n) is 1.52. The Morgan fingerprint density at radius 1 is 1.13 bits per heavy atom. The quantitative estimate of drug-likeness (QED) is 0.828. The van der Waals surface area contributed by atoms with Crippen LogP contribution in [0.15, 0.2) is 41.1 Å². The van der Waals surface area contributed by atoms with E-state index in [2.05, 4.69) is 0 Å². The Morgan fingerprint density at radius 2 is 1.80 bits per heavy atom. The SMILES string of the molecule is CC(N)(c1ccc(F)cc1)c1ccsc1. The van der Waals surface area contributed by atoms with Crippen LogP contribution in [0.4, 0.5) is 4.39 Å². The first-order valence-electron chi connectivity index (χ1n) is 4.68. The molecule has 1 nitrogen and oxygen atoms in total. The van der Waals surface area contributed by atoms with Gasteiger partial charge in [0.2, 0.25) is 0 Å². The molecule has 78 valence electrons. The molecule has 1 atom stereocenters. The van der Waals surface area contributed by atoms with Gasteiger partial charge in [0.05, 0.1) is 5.54 Å². The number of benzene rings is 1. The zero-order chi connectivity index (χ0) is 10.9. The van der Waals surface area contributed by atoms with Crippen molar-refractivity contribution in [2.45, 2.75) is 12.5 Å². The van der Waals surface area contributed by atoms with Crippen LogP contribution in [0.5, 0.6) is 0 Å². The molecule has 1 heterocycles. The fraction of sp³-hybridized carbons (Fsp3) is 0.167. The number of rotatable bonds is 2. The first-order chi connectivity index (χ1) is 7.10. The molecule has 2 N–H and O–H groups in total. The van der Waals surface area contributed by atoms with Crippen LogP contribution in [-0.2, 0) is 5.54 Å². The average Bonchev–Trinajstić information content (AvgIpc) is 2.71. The lowest BCUT2D eigenvalue weighted by molar-refractivity contribution is 0.595. The van der Waals surface area contributed by atoms with Gasteiger partial charge in [0, 0.05) is 0 Å². The topological polar surface area (TPSA) is 26.0 Å². The number of thiophene rings is 1. The molecule has 1 unspecified atom stereocenters. The normalized spacial score (nSPS) is 14.9. The van der Waals surface area contributed by atoms with Gasteiger partial charge in [-0.2, -0.15) is 11.3 Å². The Hall–Kier alpha value is -1.19. The van der Waals surface area contributed by atoms with Crippen molar-refractivity contribution >= 4 is 11.3 Å². The molecule has 3 heteroatoms. The van der Waals surface area contributed by atoms with Gasteiger partial charge < -0.3 is 5.73 Å². The summed E-state index contributed by atoms with van der Waals surface area (Å²) in [4.78, 5) is 0. The highest BCUT2D eigenvalue weighted by atomic mass is 32.1. The lowest BCUT2D eigenvalue weighted by Crippen LogP contribution is -2.33. The van der Waals surface area contributed by atoms with E-state index in [1.165, 1.54) is 12.1 Å². The van der Waals surface area contributed by atoms with E-state index in [0.717, 1.165) is 11.1 Å². The van der Waals surface area contributed by atoms with Gasteiger partial charge in [0.25, 0.3) is 0 Å². The molecule has 0 fully saturated rings. The number of halogens is 1. The summed E-state index contributed by atoms with van der Waals surface area (Å²) in [6.07, 6.45) is 0. The van der Waals surface area contributed by atoms with Gasteiger partial charge in [0.15, 0.2) is 0 Å². The van der Waals surface area contributed by atoms with Crippen LogP contribution >= 0.6 is 11.3 Å². The molecular formula is C12H12FNS. The minimum absolute atomic E-state index is 0.236.